The predicted octanol–water partition coefficient (Wildman–Crippen LogP) is 0.708. The molecule has 30 heavy (non-hydrogen) atoms. The highest BCUT2D eigenvalue weighted by Gasteiger charge is 2.45. The molecule has 2 bridgehead atoms. The zero-order chi connectivity index (χ0) is 20.8. The van der Waals surface area contributed by atoms with Gasteiger partial charge in [-0.1, -0.05) is 12.1 Å². The van der Waals surface area contributed by atoms with Crippen molar-refractivity contribution in [1.29, 1.82) is 0 Å². The van der Waals surface area contributed by atoms with Crippen LogP contribution in [-0.2, 0) is 16.1 Å². The number of rotatable bonds is 5. The molecule has 4 atom stereocenters. The molecule has 4 aliphatic rings. The largest absolute Gasteiger partial charge is 0.312 e. The molecule has 3 saturated heterocycles. The van der Waals surface area contributed by atoms with Gasteiger partial charge in [0.25, 0.3) is 11.8 Å². The van der Waals surface area contributed by atoms with Gasteiger partial charge in [0.05, 0.1) is 11.1 Å². The maximum absolute atomic E-state index is 13.1. The quantitative estimate of drug-likeness (QED) is 0.617. The van der Waals surface area contributed by atoms with Crippen LogP contribution in [0.15, 0.2) is 18.2 Å². The number of hydrogen-bond donors (Lipinski definition) is 3. The first-order valence-electron chi connectivity index (χ1n) is 10.8. The van der Waals surface area contributed by atoms with Crippen molar-refractivity contribution in [2.75, 3.05) is 6.54 Å². The Morgan fingerprint density at radius 1 is 1.00 bits per heavy atom. The average molecular weight is 410 g/mol. The normalized spacial score (nSPS) is 30.6. The van der Waals surface area contributed by atoms with Crippen LogP contribution in [0.4, 0.5) is 0 Å². The molecule has 4 amide bonds. The molecule has 0 spiro atoms. The second kappa shape index (κ2) is 7.59. The Morgan fingerprint density at radius 2 is 1.77 bits per heavy atom. The Hall–Kier alpha value is -2.58. The third kappa shape index (κ3) is 3.33. The van der Waals surface area contributed by atoms with E-state index in [-0.39, 0.29) is 18.7 Å². The molecule has 2 unspecified atom stereocenters. The summed E-state index contributed by atoms with van der Waals surface area (Å²) in [7, 11) is 0. The first-order chi connectivity index (χ1) is 14.5. The Balaban J connectivity index is 1.28. The minimum absolute atomic E-state index is 0.121. The number of benzene rings is 1. The van der Waals surface area contributed by atoms with E-state index in [1.165, 1.54) is 25.7 Å². The van der Waals surface area contributed by atoms with Gasteiger partial charge in [-0.2, -0.15) is 0 Å². The summed E-state index contributed by atoms with van der Waals surface area (Å²) in [4.78, 5) is 50.7. The minimum atomic E-state index is -0.930. The van der Waals surface area contributed by atoms with Gasteiger partial charge in [-0.15, -0.1) is 0 Å². The molecule has 0 saturated carbocycles. The summed E-state index contributed by atoms with van der Waals surface area (Å²) < 4.78 is 0. The number of hydrogen-bond acceptors (Lipinski definition) is 6. The molecule has 0 aliphatic carbocycles. The van der Waals surface area contributed by atoms with Gasteiger partial charge in [-0.05, 0) is 56.2 Å². The standard InChI is InChI=1S/C22H26N4O4/c27-18-7-6-17(20(28)25-18)26-21(29)16-3-1-2-13(19(16)22(26)30)11-23-10-12-8-14-4-5-15(9-12)24-14/h1-3,12,14-15,17,23-24H,4-11H2,(H,25,27,28)/t12?,14-,15+,17?. The fourth-order valence-electron chi connectivity index (χ4n) is 5.48. The van der Waals surface area contributed by atoms with Crippen LogP contribution in [0.2, 0.25) is 0 Å². The SMILES string of the molecule is O=C1CCC(N2C(=O)c3cccc(CNCC4C[C@H]5CC[C@@H](C4)N5)c3C2=O)C(=O)N1. The lowest BCUT2D eigenvalue weighted by molar-refractivity contribution is -0.136. The molecule has 4 heterocycles. The van der Waals surface area contributed by atoms with Gasteiger partial charge in [0.2, 0.25) is 11.8 Å². The van der Waals surface area contributed by atoms with Gasteiger partial charge in [0.15, 0.2) is 0 Å². The van der Waals surface area contributed by atoms with Crippen LogP contribution in [0.1, 0.15) is 64.8 Å². The van der Waals surface area contributed by atoms with E-state index in [4.69, 9.17) is 0 Å². The maximum atomic E-state index is 13.1. The van der Waals surface area contributed by atoms with E-state index < -0.39 is 23.8 Å². The molecule has 8 nitrogen and oxygen atoms in total. The topological polar surface area (TPSA) is 108 Å². The molecule has 8 heteroatoms. The molecule has 0 aromatic heterocycles. The molecular weight excluding hydrogens is 384 g/mol. The molecule has 1 aromatic carbocycles. The first kappa shape index (κ1) is 19.4. The molecule has 0 radical (unpaired) electrons. The minimum Gasteiger partial charge on any atom is -0.312 e. The number of carbonyl (C=O) groups excluding carboxylic acids is 4. The molecule has 1 aromatic rings. The molecule has 5 rings (SSSR count). The molecule has 4 aliphatic heterocycles. The summed E-state index contributed by atoms with van der Waals surface area (Å²) >= 11 is 0. The number of nitrogens with zero attached hydrogens (tertiary/aromatic N) is 1. The lowest BCUT2D eigenvalue weighted by Crippen LogP contribution is -2.54. The van der Waals surface area contributed by atoms with E-state index in [1.807, 2.05) is 6.07 Å². The predicted molar refractivity (Wildman–Crippen MR) is 107 cm³/mol. The maximum Gasteiger partial charge on any atom is 0.262 e. The van der Waals surface area contributed by atoms with E-state index in [2.05, 4.69) is 16.0 Å². The summed E-state index contributed by atoms with van der Waals surface area (Å²) in [6.45, 7) is 1.39. The smallest absolute Gasteiger partial charge is 0.262 e. The van der Waals surface area contributed by atoms with Crippen LogP contribution in [-0.4, -0.2) is 53.2 Å². The summed E-state index contributed by atoms with van der Waals surface area (Å²) in [5.41, 5.74) is 1.49. The van der Waals surface area contributed by atoms with Crippen LogP contribution in [0.25, 0.3) is 0 Å². The van der Waals surface area contributed by atoms with E-state index in [0.717, 1.165) is 17.0 Å². The van der Waals surface area contributed by atoms with Crippen molar-refractivity contribution in [3.05, 3.63) is 34.9 Å². The number of nitrogens with one attached hydrogen (secondary N) is 3. The second-order valence-corrected chi connectivity index (χ2v) is 8.89. The highest BCUT2D eigenvalue weighted by molar-refractivity contribution is 6.24. The van der Waals surface area contributed by atoms with E-state index in [9.17, 15) is 19.2 Å². The van der Waals surface area contributed by atoms with Crippen LogP contribution in [0.3, 0.4) is 0 Å². The van der Waals surface area contributed by atoms with Crippen molar-refractivity contribution in [2.45, 2.75) is 63.2 Å². The zero-order valence-corrected chi connectivity index (χ0v) is 16.8. The Bertz CT molecular complexity index is 918. The van der Waals surface area contributed by atoms with Crippen LogP contribution in [0.5, 0.6) is 0 Å². The van der Waals surface area contributed by atoms with Gasteiger partial charge in [0.1, 0.15) is 6.04 Å². The van der Waals surface area contributed by atoms with Gasteiger partial charge >= 0.3 is 0 Å². The van der Waals surface area contributed by atoms with Crippen molar-refractivity contribution < 1.29 is 19.2 Å². The first-order valence-corrected chi connectivity index (χ1v) is 10.8. The number of imide groups is 2. The summed E-state index contributed by atoms with van der Waals surface area (Å²) in [5, 5.41) is 9.36. The Morgan fingerprint density at radius 3 is 2.50 bits per heavy atom. The third-order valence-electron chi connectivity index (χ3n) is 6.87. The summed E-state index contributed by atoms with van der Waals surface area (Å²) in [6.07, 6.45) is 5.17. The Kier molecular flexibility index (Phi) is 4.91. The second-order valence-electron chi connectivity index (χ2n) is 8.89. The highest BCUT2D eigenvalue weighted by atomic mass is 16.2. The lowest BCUT2D eigenvalue weighted by Gasteiger charge is -2.29. The van der Waals surface area contributed by atoms with E-state index in [1.54, 1.807) is 12.1 Å². The van der Waals surface area contributed by atoms with Crippen molar-refractivity contribution in [3.63, 3.8) is 0 Å². The van der Waals surface area contributed by atoms with Crippen LogP contribution < -0.4 is 16.0 Å². The fourth-order valence-corrected chi connectivity index (χ4v) is 5.48. The van der Waals surface area contributed by atoms with E-state index >= 15 is 0 Å². The number of carbonyl (C=O) groups is 4. The average Bonchev–Trinajstić information content (AvgIpc) is 3.19. The van der Waals surface area contributed by atoms with Gasteiger partial charge < -0.3 is 10.6 Å². The highest BCUT2D eigenvalue weighted by Crippen LogP contribution is 2.32. The molecule has 158 valence electrons. The summed E-state index contributed by atoms with van der Waals surface area (Å²) in [5.74, 6) is -1.23. The van der Waals surface area contributed by atoms with Gasteiger partial charge in [0, 0.05) is 25.0 Å². The van der Waals surface area contributed by atoms with Crippen LogP contribution >= 0.6 is 0 Å². The zero-order valence-electron chi connectivity index (χ0n) is 16.8. The van der Waals surface area contributed by atoms with Crippen molar-refractivity contribution in [1.82, 2.24) is 20.9 Å². The lowest BCUT2D eigenvalue weighted by atomic mass is 9.92. The van der Waals surface area contributed by atoms with Gasteiger partial charge in [-0.25, -0.2) is 0 Å². The Labute approximate surface area is 174 Å². The fraction of sp³-hybridized carbons (Fsp3) is 0.545. The number of amides is 4. The van der Waals surface area contributed by atoms with Crippen molar-refractivity contribution in [2.24, 2.45) is 5.92 Å². The van der Waals surface area contributed by atoms with Crippen molar-refractivity contribution in [3.8, 4) is 0 Å². The van der Waals surface area contributed by atoms with Crippen molar-refractivity contribution >= 4 is 23.6 Å². The summed E-state index contributed by atoms with van der Waals surface area (Å²) in [6, 6.07) is 5.61. The molecule has 3 fully saturated rings. The number of piperidine rings is 2. The monoisotopic (exact) mass is 410 g/mol. The molecular formula is C22H26N4O4. The van der Waals surface area contributed by atoms with E-state index in [0.29, 0.717) is 35.7 Å². The van der Waals surface area contributed by atoms with Crippen LogP contribution in [0, 0.1) is 5.92 Å². The third-order valence-corrected chi connectivity index (χ3v) is 6.87. The van der Waals surface area contributed by atoms with Gasteiger partial charge in [-0.3, -0.25) is 29.4 Å². The number of fused-ring (bicyclic) bond motifs is 3. The molecule has 3 N–H and O–H groups in total.